The smallest absolute Gasteiger partial charge is 0.161 e. The van der Waals surface area contributed by atoms with Crippen LogP contribution < -0.4 is 9.80 Å². The van der Waals surface area contributed by atoms with Gasteiger partial charge >= 0.3 is 0 Å². The van der Waals surface area contributed by atoms with E-state index < -0.39 is 0 Å². The van der Waals surface area contributed by atoms with Gasteiger partial charge in [-0.15, -0.1) is 0 Å². The molecule has 3 heteroatoms. The Morgan fingerprint density at radius 1 is 0.279 bits per heavy atom. The fourth-order valence-electron chi connectivity index (χ4n) is 8.73. The maximum atomic E-state index is 7.17. The molecule has 0 aliphatic rings. The molecule has 0 bridgehead atoms. The number of hydrogen-bond donors (Lipinski definition) is 0. The Morgan fingerprint density at radius 3 is 1.33 bits per heavy atom. The predicted molar refractivity (Wildman–Crippen MR) is 257 cm³/mol. The lowest BCUT2D eigenvalue weighted by Gasteiger charge is -2.29. The summed E-state index contributed by atoms with van der Waals surface area (Å²) in [5.41, 5.74) is 14.8. The van der Waals surface area contributed by atoms with E-state index in [1.165, 1.54) is 27.8 Å². The van der Waals surface area contributed by atoms with E-state index in [4.69, 9.17) is 4.42 Å². The van der Waals surface area contributed by atoms with Crippen molar-refractivity contribution in [1.82, 2.24) is 0 Å². The average molecular weight is 781 g/mol. The summed E-state index contributed by atoms with van der Waals surface area (Å²) in [6, 6.07) is 86.4. The van der Waals surface area contributed by atoms with Crippen molar-refractivity contribution in [1.29, 1.82) is 0 Å². The topological polar surface area (TPSA) is 19.6 Å². The lowest BCUT2D eigenvalue weighted by molar-refractivity contribution is 0.669. The molecule has 0 amide bonds. The van der Waals surface area contributed by atoms with Crippen molar-refractivity contribution in [2.75, 3.05) is 9.80 Å². The lowest BCUT2D eigenvalue weighted by atomic mass is 9.99. The molecule has 0 atom stereocenters. The molecule has 11 rings (SSSR count). The zero-order valence-electron chi connectivity index (χ0n) is 33.4. The minimum atomic E-state index is 0.810. The number of furan rings is 1. The lowest BCUT2D eigenvalue weighted by Crippen LogP contribution is -2.13. The van der Waals surface area contributed by atoms with Crippen LogP contribution in [-0.4, -0.2) is 0 Å². The van der Waals surface area contributed by atoms with Crippen molar-refractivity contribution in [3.8, 4) is 33.4 Å². The van der Waals surface area contributed by atoms with E-state index >= 15 is 0 Å². The highest BCUT2D eigenvalue weighted by atomic mass is 16.3. The number of hydrogen-bond acceptors (Lipinski definition) is 3. The molecule has 288 valence electrons. The van der Waals surface area contributed by atoms with Gasteiger partial charge in [0, 0.05) is 28.1 Å². The van der Waals surface area contributed by atoms with E-state index in [1.54, 1.807) is 0 Å². The Labute approximate surface area is 355 Å². The number of para-hydroxylation sites is 1. The first kappa shape index (κ1) is 36.0. The van der Waals surface area contributed by atoms with Crippen LogP contribution in [0.2, 0.25) is 0 Å². The second-order valence-corrected chi connectivity index (χ2v) is 15.3. The second-order valence-electron chi connectivity index (χ2n) is 15.3. The summed E-state index contributed by atoms with van der Waals surface area (Å²) < 4.78 is 7.17. The number of benzene rings is 10. The van der Waals surface area contributed by atoms with Crippen molar-refractivity contribution in [2.45, 2.75) is 0 Å². The number of nitrogens with zero attached hydrogens (tertiary/aromatic N) is 2. The molecule has 10 aromatic carbocycles. The zero-order chi connectivity index (χ0) is 40.5. The van der Waals surface area contributed by atoms with E-state index in [9.17, 15) is 0 Å². The minimum absolute atomic E-state index is 0.810. The maximum Gasteiger partial charge on any atom is 0.161 e. The molecule has 61 heavy (non-hydrogen) atoms. The van der Waals surface area contributed by atoms with Gasteiger partial charge in [0.15, 0.2) is 5.58 Å². The van der Waals surface area contributed by atoms with Crippen LogP contribution in [0, 0.1) is 0 Å². The van der Waals surface area contributed by atoms with Gasteiger partial charge in [-0.3, -0.25) is 0 Å². The number of rotatable bonds is 9. The Bertz CT molecular complexity index is 3270. The fourth-order valence-corrected chi connectivity index (χ4v) is 8.73. The maximum absolute atomic E-state index is 7.17. The Hall–Kier alpha value is -8.14. The molecule has 0 fully saturated rings. The van der Waals surface area contributed by atoms with Crippen LogP contribution in [0.4, 0.5) is 34.1 Å². The van der Waals surface area contributed by atoms with E-state index in [0.29, 0.717) is 0 Å². The van der Waals surface area contributed by atoms with Crippen molar-refractivity contribution >= 4 is 66.8 Å². The van der Waals surface area contributed by atoms with Gasteiger partial charge in [-0.1, -0.05) is 176 Å². The highest BCUT2D eigenvalue weighted by Crippen LogP contribution is 2.50. The van der Waals surface area contributed by atoms with Crippen LogP contribution in [0.15, 0.2) is 247 Å². The minimum Gasteiger partial charge on any atom is -0.454 e. The highest BCUT2D eigenvalue weighted by Gasteiger charge is 2.26. The summed E-state index contributed by atoms with van der Waals surface area (Å²) in [5, 5.41) is 4.44. The van der Waals surface area contributed by atoms with Crippen LogP contribution in [-0.2, 0) is 0 Å². The molecule has 0 saturated carbocycles. The molecule has 0 spiro atoms. The molecule has 0 saturated heterocycles. The quantitative estimate of drug-likeness (QED) is 0.145. The Morgan fingerprint density at radius 2 is 0.721 bits per heavy atom. The van der Waals surface area contributed by atoms with Crippen LogP contribution in [0.1, 0.15) is 0 Å². The van der Waals surface area contributed by atoms with Gasteiger partial charge in [0.05, 0.1) is 16.8 Å². The van der Waals surface area contributed by atoms with Gasteiger partial charge in [-0.05, 0) is 111 Å². The van der Waals surface area contributed by atoms with Crippen LogP contribution in [0.25, 0.3) is 66.1 Å². The third kappa shape index (κ3) is 6.69. The fraction of sp³-hybridized carbons (Fsp3) is 0. The molecule has 0 unspecified atom stereocenters. The van der Waals surface area contributed by atoms with Gasteiger partial charge in [0.2, 0.25) is 0 Å². The van der Waals surface area contributed by atoms with Gasteiger partial charge in [-0.25, -0.2) is 0 Å². The van der Waals surface area contributed by atoms with Crippen molar-refractivity contribution in [3.05, 3.63) is 243 Å². The summed E-state index contributed by atoms with van der Waals surface area (Å²) >= 11 is 0. The average Bonchev–Trinajstić information content (AvgIpc) is 3.75. The van der Waals surface area contributed by atoms with Crippen molar-refractivity contribution in [2.24, 2.45) is 0 Å². The first-order valence-corrected chi connectivity index (χ1v) is 20.8. The second kappa shape index (κ2) is 15.6. The Kier molecular flexibility index (Phi) is 9.18. The molecule has 0 radical (unpaired) electrons. The monoisotopic (exact) mass is 780 g/mol. The first-order chi connectivity index (χ1) is 30.3. The highest BCUT2D eigenvalue weighted by molar-refractivity contribution is 6.25. The molecule has 0 aliphatic heterocycles. The van der Waals surface area contributed by atoms with Gasteiger partial charge in [0.1, 0.15) is 5.58 Å². The van der Waals surface area contributed by atoms with Crippen LogP contribution in [0.5, 0.6) is 0 Å². The number of fused-ring (bicyclic) bond motifs is 5. The summed E-state index contributed by atoms with van der Waals surface area (Å²) in [4.78, 5) is 4.71. The summed E-state index contributed by atoms with van der Waals surface area (Å²) in [7, 11) is 0. The normalized spacial score (nSPS) is 11.3. The predicted octanol–water partition coefficient (Wildman–Crippen LogP) is 16.7. The third-order valence-corrected chi connectivity index (χ3v) is 11.6. The standard InChI is InChI=1S/C58H40N2O/c1-5-16-41(17-6-1)44-28-33-49(34-29-44)59(48-24-11-4-12-25-48)54-38-37-53(57-56-52-27-14-13-22-46(52)32-39-55(56)61-58(54)57)60(50-35-30-45(31-36-50)42-18-7-2-8-19-42)51-26-15-23-47(40-51)43-20-9-3-10-21-43/h1-40H. The molecule has 3 nitrogen and oxygen atoms in total. The molecule has 1 aromatic heterocycles. The van der Waals surface area contributed by atoms with Crippen molar-refractivity contribution < 1.29 is 4.42 Å². The zero-order valence-corrected chi connectivity index (χ0v) is 33.4. The van der Waals surface area contributed by atoms with E-state index in [0.717, 1.165) is 72.4 Å². The molecule has 11 aromatic rings. The number of anilines is 6. The summed E-state index contributed by atoms with van der Waals surface area (Å²) in [5.74, 6) is 0. The van der Waals surface area contributed by atoms with E-state index in [-0.39, 0.29) is 0 Å². The molecule has 0 aliphatic carbocycles. The summed E-state index contributed by atoms with van der Waals surface area (Å²) in [6.45, 7) is 0. The molecule has 0 N–H and O–H groups in total. The van der Waals surface area contributed by atoms with Gasteiger partial charge in [-0.2, -0.15) is 0 Å². The molecular weight excluding hydrogens is 741 g/mol. The van der Waals surface area contributed by atoms with Crippen LogP contribution in [0.3, 0.4) is 0 Å². The van der Waals surface area contributed by atoms with Gasteiger partial charge in [0.25, 0.3) is 0 Å². The largest absolute Gasteiger partial charge is 0.454 e. The Balaban J connectivity index is 1.18. The summed E-state index contributed by atoms with van der Waals surface area (Å²) in [6.07, 6.45) is 0. The van der Waals surface area contributed by atoms with E-state index in [1.807, 2.05) is 0 Å². The van der Waals surface area contributed by atoms with Crippen molar-refractivity contribution in [3.63, 3.8) is 0 Å². The third-order valence-electron chi connectivity index (χ3n) is 11.6. The first-order valence-electron chi connectivity index (χ1n) is 20.8. The van der Waals surface area contributed by atoms with E-state index in [2.05, 4.69) is 252 Å². The molecular formula is C58H40N2O. The van der Waals surface area contributed by atoms with Gasteiger partial charge < -0.3 is 14.2 Å². The molecule has 1 heterocycles. The SMILES string of the molecule is c1ccc(-c2ccc(N(c3ccccc3)c3ccc(N(c4ccc(-c5ccccc5)cc4)c4cccc(-c5ccccc5)c4)c4c3oc3ccc5ccccc5c34)cc2)cc1. The van der Waals surface area contributed by atoms with Crippen LogP contribution >= 0.6 is 0 Å².